The second-order valence-electron chi connectivity index (χ2n) is 7.09. The van der Waals surface area contributed by atoms with E-state index in [1.165, 1.54) is 6.20 Å². The molecule has 1 amide bonds. The van der Waals surface area contributed by atoms with Crippen LogP contribution in [0, 0.1) is 0 Å². The van der Waals surface area contributed by atoms with Gasteiger partial charge in [0.25, 0.3) is 5.56 Å². The molecule has 132 valence electrons. The van der Waals surface area contributed by atoms with Gasteiger partial charge in [-0.2, -0.15) is 10.1 Å². The highest BCUT2D eigenvalue weighted by atomic mass is 16.2. The number of fused-ring (bicyclic) bond motifs is 1. The maximum atomic E-state index is 12.3. The number of nitrogens with one attached hydrogen (secondary N) is 2. The van der Waals surface area contributed by atoms with Gasteiger partial charge in [-0.05, 0) is 41.5 Å². The summed E-state index contributed by atoms with van der Waals surface area (Å²) >= 11 is 0. The maximum absolute atomic E-state index is 12.3. The number of aromatic nitrogens is 4. The van der Waals surface area contributed by atoms with Crippen molar-refractivity contribution in [3.8, 4) is 0 Å². The normalized spacial score (nSPS) is 12.0. The van der Waals surface area contributed by atoms with E-state index in [4.69, 9.17) is 0 Å². The van der Waals surface area contributed by atoms with Crippen LogP contribution in [0.25, 0.3) is 11.0 Å². The van der Waals surface area contributed by atoms with Gasteiger partial charge in [-0.15, -0.1) is 0 Å². The van der Waals surface area contributed by atoms with Crippen LogP contribution < -0.4 is 15.8 Å². The number of nitrogens with zero attached hydrogens (tertiary/aromatic N) is 4. The van der Waals surface area contributed by atoms with Gasteiger partial charge in [-0.1, -0.05) is 0 Å². The minimum Gasteiger partial charge on any atom is -0.352 e. The fourth-order valence-electron chi connectivity index (χ4n) is 2.42. The summed E-state index contributed by atoms with van der Waals surface area (Å²) in [5.74, 6) is 0.263. The fraction of sp³-hybridized carbons (Fsp3) is 0.625. The van der Waals surface area contributed by atoms with Gasteiger partial charge in [0.2, 0.25) is 11.9 Å². The quantitative estimate of drug-likeness (QED) is 0.857. The van der Waals surface area contributed by atoms with Crippen molar-refractivity contribution in [2.24, 2.45) is 0 Å². The van der Waals surface area contributed by atoms with Crippen LogP contribution in [0.5, 0.6) is 0 Å². The minimum absolute atomic E-state index is 0.0630. The van der Waals surface area contributed by atoms with Crippen LogP contribution >= 0.6 is 0 Å². The lowest BCUT2D eigenvalue weighted by Gasteiger charge is -2.23. The highest BCUT2D eigenvalue weighted by Crippen LogP contribution is 2.19. The Morgan fingerprint density at radius 1 is 1.42 bits per heavy atom. The van der Waals surface area contributed by atoms with Gasteiger partial charge in [0.15, 0.2) is 5.65 Å². The van der Waals surface area contributed by atoms with Crippen LogP contribution in [0.15, 0.2) is 11.0 Å². The monoisotopic (exact) mass is 334 g/mol. The zero-order valence-corrected chi connectivity index (χ0v) is 15.2. The Bertz CT molecular complexity index is 784. The van der Waals surface area contributed by atoms with Crippen LogP contribution in [0.1, 0.15) is 41.5 Å². The van der Waals surface area contributed by atoms with Crippen molar-refractivity contribution < 1.29 is 4.79 Å². The second-order valence-corrected chi connectivity index (χ2v) is 7.09. The molecule has 8 heteroatoms. The van der Waals surface area contributed by atoms with Gasteiger partial charge in [-0.3, -0.25) is 14.6 Å². The third-order valence-electron chi connectivity index (χ3n) is 3.53. The Morgan fingerprint density at radius 2 is 2.08 bits per heavy atom. The molecule has 2 aromatic rings. The Kier molecular flexibility index (Phi) is 4.96. The van der Waals surface area contributed by atoms with Crippen LogP contribution in [0.2, 0.25) is 0 Å². The van der Waals surface area contributed by atoms with Gasteiger partial charge < -0.3 is 10.2 Å². The standard InChI is InChI=1S/C16H26N6O2/c1-7-21(9-12(23)18-10(2)3)15-19-13-11(14(24)20-15)8-17-22(13)16(4,5)6/h8,10H,7,9H2,1-6H3,(H,18,23)(H,19,20,24). The summed E-state index contributed by atoms with van der Waals surface area (Å²) < 4.78 is 1.73. The molecule has 0 spiro atoms. The average molecular weight is 334 g/mol. The summed E-state index contributed by atoms with van der Waals surface area (Å²) in [4.78, 5) is 33.4. The molecule has 0 radical (unpaired) electrons. The molecule has 0 saturated heterocycles. The van der Waals surface area contributed by atoms with Crippen molar-refractivity contribution in [3.05, 3.63) is 16.6 Å². The predicted molar refractivity (Wildman–Crippen MR) is 94.3 cm³/mol. The average Bonchev–Trinajstić information content (AvgIpc) is 2.88. The van der Waals surface area contributed by atoms with Crippen molar-refractivity contribution >= 4 is 22.9 Å². The van der Waals surface area contributed by atoms with E-state index in [2.05, 4.69) is 20.4 Å². The van der Waals surface area contributed by atoms with Crippen LogP contribution in [0.4, 0.5) is 5.95 Å². The van der Waals surface area contributed by atoms with E-state index in [1.54, 1.807) is 9.58 Å². The maximum Gasteiger partial charge on any atom is 0.263 e. The fourth-order valence-corrected chi connectivity index (χ4v) is 2.42. The first kappa shape index (κ1) is 18.0. The molecule has 2 rings (SSSR count). The van der Waals surface area contributed by atoms with E-state index in [0.29, 0.717) is 23.5 Å². The van der Waals surface area contributed by atoms with Crippen molar-refractivity contribution in [2.45, 2.75) is 53.1 Å². The van der Waals surface area contributed by atoms with Crippen molar-refractivity contribution in [3.63, 3.8) is 0 Å². The SMILES string of the molecule is CCN(CC(=O)NC(C)C)c1nc2c(cnn2C(C)(C)C)c(=O)[nH]1. The number of carbonyl (C=O) groups excluding carboxylic acids is 1. The molecular formula is C16H26N6O2. The first-order valence-electron chi connectivity index (χ1n) is 8.16. The lowest BCUT2D eigenvalue weighted by atomic mass is 10.1. The van der Waals surface area contributed by atoms with Crippen molar-refractivity contribution in [2.75, 3.05) is 18.0 Å². The van der Waals surface area contributed by atoms with Gasteiger partial charge in [0.05, 0.1) is 18.3 Å². The third kappa shape index (κ3) is 3.74. The molecule has 2 heterocycles. The van der Waals surface area contributed by atoms with Crippen molar-refractivity contribution in [1.82, 2.24) is 25.1 Å². The summed E-state index contributed by atoms with van der Waals surface area (Å²) in [6.07, 6.45) is 1.53. The Balaban J connectivity index is 2.43. The number of likely N-dealkylation sites (N-methyl/N-ethyl adjacent to an activating group) is 1. The van der Waals surface area contributed by atoms with E-state index >= 15 is 0 Å². The van der Waals surface area contributed by atoms with E-state index in [0.717, 1.165) is 0 Å². The number of H-pyrrole nitrogens is 1. The first-order valence-corrected chi connectivity index (χ1v) is 8.16. The molecule has 0 fully saturated rings. The zero-order chi connectivity index (χ0) is 18.1. The lowest BCUT2D eigenvalue weighted by Crippen LogP contribution is -2.41. The van der Waals surface area contributed by atoms with Gasteiger partial charge in [-0.25, -0.2) is 4.68 Å². The molecule has 0 aliphatic rings. The number of amides is 1. The molecule has 0 aliphatic carbocycles. The molecule has 0 saturated carbocycles. The van der Waals surface area contributed by atoms with E-state index < -0.39 is 0 Å². The first-order chi connectivity index (χ1) is 11.1. The van der Waals surface area contributed by atoms with E-state index in [-0.39, 0.29) is 29.6 Å². The second kappa shape index (κ2) is 6.62. The number of rotatable bonds is 5. The number of anilines is 1. The number of hydrogen-bond donors (Lipinski definition) is 2. The molecular weight excluding hydrogens is 308 g/mol. The Hall–Kier alpha value is -2.38. The number of hydrogen-bond acceptors (Lipinski definition) is 5. The van der Waals surface area contributed by atoms with E-state index in [1.807, 2.05) is 41.5 Å². The zero-order valence-electron chi connectivity index (χ0n) is 15.2. The molecule has 0 bridgehead atoms. The molecule has 8 nitrogen and oxygen atoms in total. The van der Waals surface area contributed by atoms with Gasteiger partial charge >= 0.3 is 0 Å². The summed E-state index contributed by atoms with van der Waals surface area (Å²) in [6, 6.07) is 0.0630. The number of aromatic amines is 1. The van der Waals surface area contributed by atoms with Crippen LogP contribution in [-0.4, -0.2) is 44.8 Å². The largest absolute Gasteiger partial charge is 0.352 e. The van der Waals surface area contributed by atoms with Crippen LogP contribution in [-0.2, 0) is 10.3 Å². The molecule has 0 aromatic carbocycles. The topological polar surface area (TPSA) is 95.9 Å². The number of carbonyl (C=O) groups is 1. The molecule has 0 aliphatic heterocycles. The Morgan fingerprint density at radius 3 is 2.62 bits per heavy atom. The molecule has 2 N–H and O–H groups in total. The minimum atomic E-state index is -0.300. The smallest absolute Gasteiger partial charge is 0.263 e. The van der Waals surface area contributed by atoms with Gasteiger partial charge in [0, 0.05) is 12.6 Å². The lowest BCUT2D eigenvalue weighted by molar-refractivity contribution is -0.120. The Labute approximate surface area is 141 Å². The van der Waals surface area contributed by atoms with Crippen molar-refractivity contribution in [1.29, 1.82) is 0 Å². The summed E-state index contributed by atoms with van der Waals surface area (Å²) in [5.41, 5.74) is -0.0384. The van der Waals surface area contributed by atoms with Crippen LogP contribution in [0.3, 0.4) is 0 Å². The third-order valence-corrected chi connectivity index (χ3v) is 3.53. The van der Waals surface area contributed by atoms with Gasteiger partial charge in [0.1, 0.15) is 5.39 Å². The summed E-state index contributed by atoms with van der Waals surface area (Å²) in [6.45, 7) is 12.4. The highest BCUT2D eigenvalue weighted by Gasteiger charge is 2.21. The molecule has 0 atom stereocenters. The highest BCUT2D eigenvalue weighted by molar-refractivity contribution is 5.81. The van der Waals surface area contributed by atoms with E-state index in [9.17, 15) is 9.59 Å². The summed E-state index contributed by atoms with van der Waals surface area (Å²) in [7, 11) is 0. The molecule has 2 aromatic heterocycles. The predicted octanol–water partition coefficient (Wildman–Crippen LogP) is 1.23. The molecule has 24 heavy (non-hydrogen) atoms. The molecule has 0 unspecified atom stereocenters. The summed E-state index contributed by atoms with van der Waals surface area (Å²) in [5, 5.41) is 7.57.